The minimum Gasteiger partial charge on any atom is -0.354 e. The Morgan fingerprint density at radius 3 is 2.10 bits per heavy atom. The molecule has 0 aliphatic carbocycles. The maximum atomic E-state index is 14.1. The van der Waals surface area contributed by atoms with Crippen LogP contribution in [0.4, 0.5) is 5.69 Å². The molecule has 3 rings (SSSR count). The first-order valence-electron chi connectivity index (χ1n) is 13.4. The van der Waals surface area contributed by atoms with E-state index in [1.165, 1.54) is 17.0 Å². The summed E-state index contributed by atoms with van der Waals surface area (Å²) in [5.74, 6) is -0.696. The monoisotopic (exact) mass is 549 g/mol. The third kappa shape index (κ3) is 7.69. The number of benzene rings is 3. The lowest BCUT2D eigenvalue weighted by Gasteiger charge is -2.33. The Hall–Kier alpha value is -3.65. The van der Waals surface area contributed by atoms with E-state index in [9.17, 15) is 18.0 Å². The zero-order chi connectivity index (χ0) is 28.6. The van der Waals surface area contributed by atoms with E-state index in [-0.39, 0.29) is 17.3 Å². The molecule has 8 heteroatoms. The smallest absolute Gasteiger partial charge is 0.264 e. The number of carbonyl (C=O) groups excluding carboxylic acids is 2. The Morgan fingerprint density at radius 1 is 0.846 bits per heavy atom. The van der Waals surface area contributed by atoms with E-state index in [1.807, 2.05) is 65.0 Å². The zero-order valence-corrected chi connectivity index (χ0v) is 24.3. The van der Waals surface area contributed by atoms with Gasteiger partial charge in [0.2, 0.25) is 11.8 Å². The van der Waals surface area contributed by atoms with Crippen LogP contribution < -0.4 is 9.62 Å². The van der Waals surface area contributed by atoms with Gasteiger partial charge in [-0.25, -0.2) is 8.42 Å². The van der Waals surface area contributed by atoms with Crippen molar-refractivity contribution in [3.8, 4) is 0 Å². The topological polar surface area (TPSA) is 86.8 Å². The highest BCUT2D eigenvalue weighted by atomic mass is 32.2. The highest BCUT2D eigenvalue weighted by molar-refractivity contribution is 7.92. The molecule has 0 saturated heterocycles. The number of hydrogen-bond acceptors (Lipinski definition) is 4. The molecule has 0 aromatic heterocycles. The summed E-state index contributed by atoms with van der Waals surface area (Å²) in [6.45, 7) is 9.81. The summed E-state index contributed by atoms with van der Waals surface area (Å²) in [7, 11) is -4.08. The number of sulfonamides is 1. The second kappa shape index (κ2) is 13.4. The molecule has 0 heterocycles. The van der Waals surface area contributed by atoms with E-state index in [0.717, 1.165) is 33.0 Å². The predicted octanol–water partition coefficient (Wildman–Crippen LogP) is 5.14. The van der Waals surface area contributed by atoms with E-state index in [0.29, 0.717) is 18.7 Å². The van der Waals surface area contributed by atoms with Crippen molar-refractivity contribution in [2.75, 3.05) is 17.4 Å². The first-order chi connectivity index (χ1) is 18.6. The number of nitrogens with one attached hydrogen (secondary N) is 1. The molecule has 208 valence electrons. The first kappa shape index (κ1) is 29.9. The fourth-order valence-electron chi connectivity index (χ4n) is 4.64. The minimum absolute atomic E-state index is 0.0925. The maximum absolute atomic E-state index is 14.1. The van der Waals surface area contributed by atoms with Gasteiger partial charge >= 0.3 is 0 Å². The fourth-order valence-corrected chi connectivity index (χ4v) is 6.05. The van der Waals surface area contributed by atoms with E-state index >= 15 is 0 Å². The summed E-state index contributed by atoms with van der Waals surface area (Å²) < 4.78 is 29.0. The predicted molar refractivity (Wildman–Crippen MR) is 156 cm³/mol. The summed E-state index contributed by atoms with van der Waals surface area (Å²) in [6.07, 6.45) is 1.16. The lowest BCUT2D eigenvalue weighted by Crippen LogP contribution is -2.52. The normalized spacial score (nSPS) is 12.0. The molecule has 39 heavy (non-hydrogen) atoms. The summed E-state index contributed by atoms with van der Waals surface area (Å²) in [4.78, 5) is 28.8. The zero-order valence-electron chi connectivity index (χ0n) is 23.5. The quantitative estimate of drug-likeness (QED) is 0.339. The van der Waals surface area contributed by atoms with Crippen LogP contribution in [0, 0.1) is 20.8 Å². The number of rotatable bonds is 12. The molecule has 0 saturated carbocycles. The van der Waals surface area contributed by atoms with Gasteiger partial charge in [0.1, 0.15) is 12.6 Å². The van der Waals surface area contributed by atoms with Crippen molar-refractivity contribution >= 4 is 27.5 Å². The average molecular weight is 550 g/mol. The van der Waals surface area contributed by atoms with Crippen molar-refractivity contribution in [1.82, 2.24) is 10.2 Å². The van der Waals surface area contributed by atoms with Gasteiger partial charge in [0.05, 0.1) is 10.6 Å². The van der Waals surface area contributed by atoms with E-state index in [4.69, 9.17) is 0 Å². The van der Waals surface area contributed by atoms with Crippen molar-refractivity contribution in [2.24, 2.45) is 0 Å². The second-order valence-corrected chi connectivity index (χ2v) is 11.8. The van der Waals surface area contributed by atoms with Crippen LogP contribution in [0.15, 0.2) is 77.7 Å². The maximum Gasteiger partial charge on any atom is 0.264 e. The van der Waals surface area contributed by atoms with Crippen LogP contribution in [0.2, 0.25) is 0 Å². The summed E-state index contributed by atoms with van der Waals surface area (Å²) >= 11 is 0. The Morgan fingerprint density at radius 2 is 1.51 bits per heavy atom. The lowest BCUT2D eigenvalue weighted by molar-refractivity contribution is -0.140. The van der Waals surface area contributed by atoms with Gasteiger partial charge in [0.25, 0.3) is 10.0 Å². The van der Waals surface area contributed by atoms with Crippen LogP contribution in [0.5, 0.6) is 0 Å². The number of anilines is 1. The van der Waals surface area contributed by atoms with E-state index in [1.54, 1.807) is 30.3 Å². The van der Waals surface area contributed by atoms with E-state index < -0.39 is 28.5 Å². The van der Waals surface area contributed by atoms with Gasteiger partial charge in [-0.1, -0.05) is 67.9 Å². The highest BCUT2D eigenvalue weighted by Crippen LogP contribution is 2.27. The van der Waals surface area contributed by atoms with Crippen LogP contribution >= 0.6 is 0 Å². The molecule has 3 aromatic rings. The number of aryl methyl sites for hydroxylation is 3. The largest absolute Gasteiger partial charge is 0.354 e. The average Bonchev–Trinajstić information content (AvgIpc) is 2.90. The third-order valence-electron chi connectivity index (χ3n) is 6.48. The SMILES string of the molecule is CCCNC(=O)C(CC)N(Cc1cccc(C)c1)C(=O)CN(c1cc(C)cc(C)c1)S(=O)(=O)c1ccccc1. The molecular formula is C31H39N3O4S. The Labute approximate surface area is 232 Å². The fraction of sp³-hybridized carbons (Fsp3) is 0.355. The highest BCUT2D eigenvalue weighted by Gasteiger charge is 2.33. The molecule has 3 aromatic carbocycles. The second-order valence-electron chi connectivity index (χ2n) is 9.90. The first-order valence-corrected chi connectivity index (χ1v) is 14.8. The minimum atomic E-state index is -4.08. The molecule has 1 N–H and O–H groups in total. The van der Waals surface area contributed by atoms with Gasteiger partial charge in [-0.05, 0) is 74.6 Å². The van der Waals surface area contributed by atoms with Crippen molar-refractivity contribution in [1.29, 1.82) is 0 Å². The standard InChI is InChI=1S/C31H39N3O4S/c1-6-16-32-31(36)29(7-2)33(21-26-13-11-12-23(3)18-26)30(35)22-34(27-19-24(4)17-25(5)20-27)39(37,38)28-14-9-8-10-15-28/h8-15,17-20,29H,6-7,16,21-22H2,1-5H3,(H,32,36). The summed E-state index contributed by atoms with van der Waals surface area (Å²) in [5, 5.41) is 2.91. The van der Waals surface area contributed by atoms with Crippen LogP contribution in [0.1, 0.15) is 48.9 Å². The van der Waals surface area contributed by atoms with Crippen LogP contribution in [0.3, 0.4) is 0 Å². The molecular weight excluding hydrogens is 510 g/mol. The summed E-state index contributed by atoms with van der Waals surface area (Å²) in [6, 6.07) is 20.6. The molecule has 1 atom stereocenters. The lowest BCUT2D eigenvalue weighted by atomic mass is 10.1. The van der Waals surface area contributed by atoms with Crippen LogP contribution in [-0.4, -0.2) is 44.3 Å². The third-order valence-corrected chi connectivity index (χ3v) is 8.26. The van der Waals surface area contributed by atoms with Crippen LogP contribution in [0.25, 0.3) is 0 Å². The summed E-state index contributed by atoms with van der Waals surface area (Å²) in [5.41, 5.74) is 4.07. The van der Waals surface area contributed by atoms with Crippen molar-refractivity contribution in [3.05, 3.63) is 95.1 Å². The van der Waals surface area contributed by atoms with Crippen molar-refractivity contribution < 1.29 is 18.0 Å². The number of nitrogens with zero attached hydrogens (tertiary/aromatic N) is 2. The van der Waals surface area contributed by atoms with Crippen molar-refractivity contribution in [3.63, 3.8) is 0 Å². The van der Waals surface area contributed by atoms with Gasteiger partial charge in [-0.15, -0.1) is 0 Å². The number of amides is 2. The molecule has 0 fully saturated rings. The van der Waals surface area contributed by atoms with Gasteiger partial charge in [0.15, 0.2) is 0 Å². The molecule has 0 aliphatic rings. The molecule has 0 radical (unpaired) electrons. The van der Waals surface area contributed by atoms with Gasteiger partial charge < -0.3 is 10.2 Å². The number of carbonyl (C=O) groups is 2. The molecule has 7 nitrogen and oxygen atoms in total. The Kier molecular flexibility index (Phi) is 10.3. The molecule has 2 amide bonds. The molecule has 0 spiro atoms. The Balaban J connectivity index is 2.07. The molecule has 0 bridgehead atoms. The van der Waals surface area contributed by atoms with Gasteiger partial charge in [-0.3, -0.25) is 13.9 Å². The Bertz CT molecular complexity index is 1370. The molecule has 1 unspecified atom stereocenters. The molecule has 0 aliphatic heterocycles. The number of hydrogen-bond donors (Lipinski definition) is 1. The van der Waals surface area contributed by atoms with Crippen LogP contribution in [-0.2, 0) is 26.2 Å². The van der Waals surface area contributed by atoms with Crippen molar-refractivity contribution in [2.45, 2.75) is 64.9 Å². The van der Waals surface area contributed by atoms with E-state index in [2.05, 4.69) is 5.32 Å². The van der Waals surface area contributed by atoms with Gasteiger partial charge in [-0.2, -0.15) is 0 Å². The van der Waals surface area contributed by atoms with Gasteiger partial charge in [0, 0.05) is 13.1 Å².